The van der Waals surface area contributed by atoms with Crippen molar-refractivity contribution in [2.75, 3.05) is 112 Å². The number of amides is 10. The minimum Gasteiger partial charge on any atom is -0.458 e. The van der Waals surface area contributed by atoms with Crippen molar-refractivity contribution < 1.29 is 91.0 Å². The molecule has 3 atom stereocenters. The van der Waals surface area contributed by atoms with Crippen LogP contribution in [0.3, 0.4) is 0 Å². The van der Waals surface area contributed by atoms with Crippen LogP contribution in [0.4, 0.5) is 4.39 Å². The van der Waals surface area contributed by atoms with Crippen LogP contribution in [0.5, 0.6) is 0 Å². The summed E-state index contributed by atoms with van der Waals surface area (Å²) in [5.41, 5.74) is 1.28. The summed E-state index contributed by atoms with van der Waals surface area (Å²) in [6.07, 6.45) is 1.35. The van der Waals surface area contributed by atoms with Crippen LogP contribution in [0.25, 0.3) is 22.3 Å². The van der Waals surface area contributed by atoms with E-state index in [0.29, 0.717) is 59.5 Å². The fourth-order valence-electron chi connectivity index (χ4n) is 9.94. The van der Waals surface area contributed by atoms with Crippen LogP contribution in [0, 0.1) is 12.7 Å². The molecule has 0 spiro atoms. The summed E-state index contributed by atoms with van der Waals surface area (Å²) in [5, 5.41) is 41.9. The van der Waals surface area contributed by atoms with Gasteiger partial charge >= 0.3 is 5.97 Å². The normalized spacial score (nSPS) is 16.5. The van der Waals surface area contributed by atoms with E-state index in [1.165, 1.54) is 10.6 Å². The van der Waals surface area contributed by atoms with Crippen LogP contribution < -0.4 is 48.1 Å². The SMILES string of the molecule is CCC1(O)C(=O)OCc2c1cc1n(c2=O)Cc2c-1nc1cc(F)c(C)c3c1c2[C@H](CNC(=O)[C@H](O)CNC(=O)CNC(=O)CNC(=O)CNC(=O)CNC(=O)CNC(=O)CCOCCOCCOCCOCCNC(=O)CCN1C(=O)C=CC1=O)CC3. The van der Waals surface area contributed by atoms with E-state index in [1.54, 1.807) is 19.9 Å². The molecule has 0 fully saturated rings. The summed E-state index contributed by atoms with van der Waals surface area (Å²) in [6.45, 7) is 1.89. The summed E-state index contributed by atoms with van der Waals surface area (Å²) < 4.78 is 43.5. The molecule has 7 rings (SSSR count). The Morgan fingerprint density at radius 2 is 1.24 bits per heavy atom. The lowest BCUT2D eigenvalue weighted by Crippen LogP contribution is -2.48. The highest BCUT2D eigenvalue weighted by atomic mass is 19.1. The number of nitrogens with zero attached hydrogens (tertiary/aromatic N) is 3. The van der Waals surface area contributed by atoms with Gasteiger partial charge in [-0.25, -0.2) is 14.2 Å². The number of fused-ring (bicyclic) bond motifs is 5. The molecule has 10 amide bonds. The molecule has 1 aromatic carbocycles. The lowest BCUT2D eigenvalue weighted by atomic mass is 9.78. The van der Waals surface area contributed by atoms with Gasteiger partial charge in [0.1, 0.15) is 18.5 Å². The number of hydrogen-bond donors (Lipinski definition) is 10. The highest BCUT2D eigenvalue weighted by Gasteiger charge is 2.46. The van der Waals surface area contributed by atoms with E-state index < -0.39 is 127 Å². The van der Waals surface area contributed by atoms with Crippen molar-refractivity contribution in [2.24, 2.45) is 0 Å². The van der Waals surface area contributed by atoms with Crippen LogP contribution >= 0.6 is 0 Å². The Hall–Kier alpha value is -8.62. The average Bonchev–Trinajstić information content (AvgIpc) is 1.68. The van der Waals surface area contributed by atoms with Crippen LogP contribution in [-0.4, -0.2) is 208 Å². The van der Waals surface area contributed by atoms with E-state index in [-0.39, 0.29) is 109 Å². The molecule has 31 heteroatoms. The second kappa shape index (κ2) is 31.2. The molecule has 0 saturated heterocycles. The molecule has 3 aliphatic heterocycles. The molecule has 2 aromatic heterocycles. The molecule has 0 bridgehead atoms. The Kier molecular flexibility index (Phi) is 23.6. The number of rotatable bonds is 34. The number of hydrogen-bond acceptors (Lipinski definition) is 20. The fraction of sp³-hybridized carbons (Fsp3) is 0.518. The third-order valence-electron chi connectivity index (χ3n) is 14.7. The van der Waals surface area contributed by atoms with E-state index in [2.05, 4.69) is 42.5 Å². The van der Waals surface area contributed by atoms with Crippen molar-refractivity contribution in [1.29, 1.82) is 0 Å². The molecular formula is C56H70FN11O19. The zero-order valence-corrected chi connectivity index (χ0v) is 48.0. The molecule has 470 valence electrons. The Labute approximate surface area is 496 Å². The van der Waals surface area contributed by atoms with Crippen molar-refractivity contribution in [3.8, 4) is 11.4 Å². The number of pyridine rings is 2. The van der Waals surface area contributed by atoms with Crippen LogP contribution in [0.1, 0.15) is 71.9 Å². The summed E-state index contributed by atoms with van der Waals surface area (Å²) >= 11 is 0. The third-order valence-corrected chi connectivity index (χ3v) is 14.7. The quantitative estimate of drug-likeness (QED) is 0.0120. The van der Waals surface area contributed by atoms with Gasteiger partial charge in [-0.2, -0.15) is 0 Å². The summed E-state index contributed by atoms with van der Waals surface area (Å²) in [6, 6.07) is 2.87. The monoisotopic (exact) mass is 1220 g/mol. The van der Waals surface area contributed by atoms with Crippen molar-refractivity contribution in [3.05, 3.63) is 73.8 Å². The standard InChI is InChI=1S/C56H70FN11O19/c1-3-56(82)36-20-39-52-34(29-68(39)54(80)35(36)30-87-55(56)81)50-32(4-5-33-31(2)37(57)21-38(66-52)51(33)50)22-65-53(79)40(69)23-59-43(72)25-61-45(74)27-63-47(76)28-64-46(75)26-62-44(73)24-60-42(71)9-12-83-14-16-85-18-19-86-17-15-84-13-10-58-41(70)8-11-67-48(77)6-7-49(67)78/h6-7,20-21,32,40,69,82H,3-5,8-19,22-30H2,1-2H3,(H,58,70)(H,59,72)(H,60,71)(H,61,74)(H,62,73)(H,63,76)(H,64,75)(H,65,79)/t32-,40+,56?/m0/s1. The zero-order valence-electron chi connectivity index (χ0n) is 48.0. The molecule has 87 heavy (non-hydrogen) atoms. The van der Waals surface area contributed by atoms with Crippen LogP contribution in [-0.2, 0) is 102 Å². The molecule has 0 radical (unpaired) electrons. The number of aliphatic hydroxyl groups is 2. The highest BCUT2D eigenvalue weighted by Crippen LogP contribution is 2.46. The van der Waals surface area contributed by atoms with E-state index in [9.17, 15) is 67.7 Å². The lowest BCUT2D eigenvalue weighted by Gasteiger charge is -2.31. The number of aryl methyl sites for hydroxylation is 1. The number of cyclic esters (lactones) is 1. The van der Waals surface area contributed by atoms with Crippen molar-refractivity contribution in [2.45, 2.75) is 76.7 Å². The maximum atomic E-state index is 15.3. The number of aromatic nitrogens is 2. The smallest absolute Gasteiger partial charge is 0.343 e. The summed E-state index contributed by atoms with van der Waals surface area (Å²) in [4.78, 5) is 154. The number of benzene rings is 1. The molecule has 0 saturated carbocycles. The maximum Gasteiger partial charge on any atom is 0.343 e. The molecule has 3 aromatic rings. The Morgan fingerprint density at radius 3 is 1.83 bits per heavy atom. The van der Waals surface area contributed by atoms with Crippen molar-refractivity contribution in [3.63, 3.8) is 0 Å². The predicted octanol–water partition coefficient (Wildman–Crippen LogP) is -4.38. The summed E-state index contributed by atoms with van der Waals surface area (Å²) in [5.74, 6) is -8.05. The number of nitrogens with one attached hydrogen (secondary N) is 8. The molecule has 30 nitrogen and oxygen atoms in total. The predicted molar refractivity (Wildman–Crippen MR) is 299 cm³/mol. The van der Waals surface area contributed by atoms with Crippen molar-refractivity contribution in [1.82, 2.24) is 57.0 Å². The Morgan fingerprint density at radius 1 is 0.701 bits per heavy atom. The number of esters is 1. The lowest BCUT2D eigenvalue weighted by molar-refractivity contribution is -0.172. The number of carbonyl (C=O) groups is 11. The molecule has 10 N–H and O–H groups in total. The van der Waals surface area contributed by atoms with E-state index in [0.717, 1.165) is 28.2 Å². The molecule has 4 aliphatic rings. The minimum absolute atomic E-state index is 0.000663. The third kappa shape index (κ3) is 17.3. The largest absolute Gasteiger partial charge is 0.458 e. The van der Waals surface area contributed by atoms with Gasteiger partial charge < -0.3 is 81.0 Å². The van der Waals surface area contributed by atoms with Crippen molar-refractivity contribution >= 4 is 75.9 Å². The number of imide groups is 1. The second-order valence-corrected chi connectivity index (χ2v) is 20.5. The number of ether oxygens (including phenoxy) is 5. The molecule has 5 heterocycles. The minimum atomic E-state index is -2.06. The number of halogens is 1. The van der Waals surface area contributed by atoms with Gasteiger partial charge in [-0.3, -0.25) is 57.6 Å². The number of carbonyl (C=O) groups excluding carboxylic acids is 11. The van der Waals surface area contributed by atoms with Gasteiger partial charge in [-0.05, 0) is 48.9 Å². The first-order valence-corrected chi connectivity index (χ1v) is 28.2. The first kappa shape index (κ1) is 65.9. The molecule has 1 unspecified atom stereocenters. The van der Waals surface area contributed by atoms with E-state index in [1.807, 2.05) is 0 Å². The van der Waals surface area contributed by atoms with E-state index >= 15 is 4.39 Å². The Bertz CT molecular complexity index is 3250. The Balaban J connectivity index is 0.690. The summed E-state index contributed by atoms with van der Waals surface area (Å²) in [7, 11) is 0. The van der Waals surface area contributed by atoms with Gasteiger partial charge in [0.05, 0.1) is 121 Å². The first-order valence-electron chi connectivity index (χ1n) is 28.2. The fourth-order valence-corrected chi connectivity index (χ4v) is 9.94. The first-order chi connectivity index (χ1) is 41.7. The second-order valence-electron chi connectivity index (χ2n) is 20.5. The van der Waals surface area contributed by atoms with E-state index in [4.69, 9.17) is 28.7 Å². The van der Waals surface area contributed by atoms with Gasteiger partial charge in [0, 0.05) is 73.1 Å². The zero-order chi connectivity index (χ0) is 62.8. The average molecular weight is 1220 g/mol. The topological polar surface area (TPSA) is 409 Å². The maximum absolute atomic E-state index is 15.3. The van der Waals surface area contributed by atoms with Gasteiger partial charge in [0.15, 0.2) is 5.60 Å². The highest BCUT2D eigenvalue weighted by molar-refractivity contribution is 6.13. The van der Waals surface area contributed by atoms with Gasteiger partial charge in [-0.1, -0.05) is 6.92 Å². The van der Waals surface area contributed by atoms with Crippen LogP contribution in [0.15, 0.2) is 29.1 Å². The number of aliphatic hydroxyl groups excluding tert-OH is 1. The molecule has 1 aliphatic carbocycles. The van der Waals surface area contributed by atoms with Gasteiger partial charge in [-0.15, -0.1) is 0 Å². The van der Waals surface area contributed by atoms with Gasteiger partial charge in [0.25, 0.3) is 23.3 Å². The van der Waals surface area contributed by atoms with Gasteiger partial charge in [0.2, 0.25) is 41.4 Å². The van der Waals surface area contributed by atoms with Crippen LogP contribution in [0.2, 0.25) is 0 Å². The molecular weight excluding hydrogens is 1150 g/mol.